The molecule has 1 aromatic rings. The predicted molar refractivity (Wildman–Crippen MR) is 77.1 cm³/mol. The Morgan fingerprint density at radius 2 is 2.24 bits per heavy atom. The van der Waals surface area contributed by atoms with Crippen molar-refractivity contribution in [2.45, 2.75) is 6.92 Å². The summed E-state index contributed by atoms with van der Waals surface area (Å²) in [6.45, 7) is 4.39. The van der Waals surface area contributed by atoms with Crippen LogP contribution in [0.3, 0.4) is 0 Å². The lowest BCUT2D eigenvalue weighted by molar-refractivity contribution is 0.205. The fourth-order valence-corrected chi connectivity index (χ4v) is 1.97. The molecule has 0 unspecified atom stereocenters. The molecule has 1 rings (SSSR count). The maximum atomic E-state index is 5.95. The summed E-state index contributed by atoms with van der Waals surface area (Å²) in [5, 5.41) is 0.638. The molecule has 0 aliphatic heterocycles. The minimum Gasteiger partial charge on any atom is -0.389 e. The van der Waals surface area contributed by atoms with Crippen molar-refractivity contribution in [3.63, 3.8) is 0 Å². The number of hydrogen-bond donors (Lipinski definition) is 1. The second-order valence-electron chi connectivity index (χ2n) is 3.60. The molecule has 0 radical (unpaired) electrons. The number of halogens is 1. The van der Waals surface area contributed by atoms with Gasteiger partial charge in [-0.15, -0.1) is 0 Å². The van der Waals surface area contributed by atoms with Crippen LogP contribution in [0.5, 0.6) is 0 Å². The third-order valence-electron chi connectivity index (χ3n) is 2.51. The Morgan fingerprint density at radius 1 is 1.53 bits per heavy atom. The number of nitrogens with zero attached hydrogens (tertiary/aromatic N) is 1. The number of methoxy groups -OCH3 is 1. The standard InChI is InChI=1S/C12H17ClN2OS/c1-3-15(6-7-16-2)11-5-4-9(13)8-10(11)12(14)17/h4-5,8H,3,6-7H2,1-2H3,(H2,14,17). The molecule has 17 heavy (non-hydrogen) atoms. The van der Waals surface area contributed by atoms with E-state index < -0.39 is 0 Å². The lowest BCUT2D eigenvalue weighted by Gasteiger charge is -2.25. The molecule has 2 N–H and O–H groups in total. The number of thiocarbonyl (C=S) groups is 1. The van der Waals surface area contributed by atoms with E-state index in [1.807, 2.05) is 12.1 Å². The Labute approximate surface area is 112 Å². The normalized spacial score (nSPS) is 10.3. The van der Waals surface area contributed by atoms with E-state index in [2.05, 4.69) is 11.8 Å². The van der Waals surface area contributed by atoms with Crippen molar-refractivity contribution < 1.29 is 4.74 Å². The zero-order valence-electron chi connectivity index (χ0n) is 10.1. The highest BCUT2D eigenvalue weighted by molar-refractivity contribution is 7.80. The fraction of sp³-hybridized carbons (Fsp3) is 0.417. The molecular formula is C12H17ClN2OS. The van der Waals surface area contributed by atoms with Crippen molar-refractivity contribution in [1.29, 1.82) is 0 Å². The van der Waals surface area contributed by atoms with Gasteiger partial charge in [-0.3, -0.25) is 0 Å². The molecule has 0 aromatic heterocycles. The summed E-state index contributed by atoms with van der Waals surface area (Å²) in [6, 6.07) is 5.58. The third kappa shape index (κ3) is 3.84. The van der Waals surface area contributed by atoms with Crippen molar-refractivity contribution in [2.24, 2.45) is 5.73 Å². The first-order chi connectivity index (χ1) is 8.10. The van der Waals surface area contributed by atoms with Gasteiger partial charge in [-0.2, -0.15) is 0 Å². The Morgan fingerprint density at radius 3 is 2.76 bits per heavy atom. The topological polar surface area (TPSA) is 38.5 Å². The highest BCUT2D eigenvalue weighted by Crippen LogP contribution is 2.24. The number of anilines is 1. The summed E-state index contributed by atoms with van der Waals surface area (Å²) < 4.78 is 5.09. The summed E-state index contributed by atoms with van der Waals surface area (Å²) in [7, 11) is 1.68. The van der Waals surface area contributed by atoms with Crippen LogP contribution in [0.4, 0.5) is 5.69 Å². The highest BCUT2D eigenvalue weighted by atomic mass is 35.5. The molecule has 0 atom stereocenters. The van der Waals surface area contributed by atoms with Crippen LogP contribution in [-0.4, -0.2) is 31.8 Å². The summed E-state index contributed by atoms with van der Waals surface area (Å²) >= 11 is 11.0. The van der Waals surface area contributed by atoms with Crippen LogP contribution in [0, 0.1) is 0 Å². The molecule has 0 saturated carbocycles. The Bertz CT molecular complexity index is 398. The molecule has 0 fully saturated rings. The largest absolute Gasteiger partial charge is 0.389 e. The fourth-order valence-electron chi connectivity index (χ4n) is 1.63. The molecule has 3 nitrogen and oxygen atoms in total. The Kier molecular flexibility index (Phi) is 5.68. The summed E-state index contributed by atoms with van der Waals surface area (Å²) in [4.78, 5) is 2.52. The van der Waals surface area contributed by atoms with Crippen molar-refractivity contribution in [2.75, 3.05) is 31.7 Å². The van der Waals surface area contributed by atoms with Crippen molar-refractivity contribution >= 4 is 34.5 Å². The molecule has 0 amide bonds. The second kappa shape index (κ2) is 6.79. The monoisotopic (exact) mass is 272 g/mol. The molecule has 0 aliphatic rings. The number of rotatable bonds is 6. The van der Waals surface area contributed by atoms with Crippen LogP contribution in [0.1, 0.15) is 12.5 Å². The zero-order chi connectivity index (χ0) is 12.8. The second-order valence-corrected chi connectivity index (χ2v) is 4.47. The van der Waals surface area contributed by atoms with Gasteiger partial charge in [0.2, 0.25) is 0 Å². The number of nitrogens with two attached hydrogens (primary N) is 1. The molecule has 0 saturated heterocycles. The molecule has 94 valence electrons. The summed E-state index contributed by atoms with van der Waals surface area (Å²) in [6.07, 6.45) is 0. The van der Waals surface area contributed by atoms with Gasteiger partial charge in [-0.05, 0) is 25.1 Å². The van der Waals surface area contributed by atoms with Crippen LogP contribution >= 0.6 is 23.8 Å². The maximum Gasteiger partial charge on any atom is 0.106 e. The predicted octanol–water partition coefficient (Wildman–Crippen LogP) is 2.45. The van der Waals surface area contributed by atoms with Gasteiger partial charge in [-0.1, -0.05) is 23.8 Å². The van der Waals surface area contributed by atoms with Gasteiger partial charge in [0.25, 0.3) is 0 Å². The quantitative estimate of drug-likeness (QED) is 0.808. The molecule has 5 heteroatoms. The smallest absolute Gasteiger partial charge is 0.106 e. The SMILES string of the molecule is CCN(CCOC)c1ccc(Cl)cc1C(N)=S. The first-order valence-electron chi connectivity index (χ1n) is 5.43. The van der Waals surface area contributed by atoms with Crippen molar-refractivity contribution in [1.82, 2.24) is 0 Å². The minimum absolute atomic E-state index is 0.360. The van der Waals surface area contributed by atoms with E-state index in [-0.39, 0.29) is 0 Å². The highest BCUT2D eigenvalue weighted by Gasteiger charge is 2.11. The van der Waals surface area contributed by atoms with Crippen LogP contribution in [0.2, 0.25) is 5.02 Å². The van der Waals surface area contributed by atoms with Crippen LogP contribution < -0.4 is 10.6 Å². The number of hydrogen-bond acceptors (Lipinski definition) is 3. The van der Waals surface area contributed by atoms with E-state index in [0.29, 0.717) is 16.6 Å². The number of benzene rings is 1. The van der Waals surface area contributed by atoms with E-state index in [1.54, 1.807) is 13.2 Å². The van der Waals surface area contributed by atoms with Gasteiger partial charge < -0.3 is 15.4 Å². The zero-order valence-corrected chi connectivity index (χ0v) is 11.6. The van der Waals surface area contributed by atoms with Gasteiger partial charge in [-0.25, -0.2) is 0 Å². The van der Waals surface area contributed by atoms with E-state index >= 15 is 0 Å². The van der Waals surface area contributed by atoms with Crippen LogP contribution in [0.25, 0.3) is 0 Å². The number of likely N-dealkylation sites (N-methyl/N-ethyl adjacent to an activating group) is 1. The summed E-state index contributed by atoms with van der Waals surface area (Å²) in [5.74, 6) is 0. The lowest BCUT2D eigenvalue weighted by atomic mass is 10.1. The van der Waals surface area contributed by atoms with Crippen LogP contribution in [-0.2, 0) is 4.74 Å². The minimum atomic E-state index is 0.360. The van der Waals surface area contributed by atoms with E-state index in [1.165, 1.54) is 0 Å². The molecule has 0 heterocycles. The number of ether oxygens (including phenoxy) is 1. The third-order valence-corrected chi connectivity index (χ3v) is 2.97. The van der Waals surface area contributed by atoms with Crippen molar-refractivity contribution in [3.05, 3.63) is 28.8 Å². The van der Waals surface area contributed by atoms with E-state index in [4.69, 9.17) is 34.3 Å². The first kappa shape index (κ1) is 14.2. The van der Waals surface area contributed by atoms with Crippen molar-refractivity contribution in [3.8, 4) is 0 Å². The van der Waals surface area contributed by atoms with Crippen LogP contribution in [0.15, 0.2) is 18.2 Å². The molecule has 0 spiro atoms. The average Bonchev–Trinajstić information content (AvgIpc) is 2.31. The van der Waals surface area contributed by atoms with Gasteiger partial charge >= 0.3 is 0 Å². The van der Waals surface area contributed by atoms with E-state index in [0.717, 1.165) is 24.3 Å². The van der Waals surface area contributed by atoms with Gasteiger partial charge in [0.15, 0.2) is 0 Å². The maximum absolute atomic E-state index is 5.95. The lowest BCUT2D eigenvalue weighted by Crippen LogP contribution is -2.29. The van der Waals surface area contributed by atoms with Gasteiger partial charge in [0.1, 0.15) is 4.99 Å². The van der Waals surface area contributed by atoms with Gasteiger partial charge in [0, 0.05) is 36.5 Å². The Balaban J connectivity index is 3.05. The first-order valence-corrected chi connectivity index (χ1v) is 6.22. The van der Waals surface area contributed by atoms with E-state index in [9.17, 15) is 0 Å². The average molecular weight is 273 g/mol. The Hall–Kier alpha value is -0.840. The molecule has 0 aliphatic carbocycles. The summed E-state index contributed by atoms with van der Waals surface area (Å²) in [5.41, 5.74) is 7.53. The van der Waals surface area contributed by atoms with Gasteiger partial charge in [0.05, 0.1) is 6.61 Å². The molecule has 1 aromatic carbocycles. The molecular weight excluding hydrogens is 256 g/mol. The molecule has 0 bridgehead atoms.